The van der Waals surface area contributed by atoms with Crippen LogP contribution in [-0.2, 0) is 6.54 Å². The molecule has 0 aliphatic heterocycles. The largest absolute Gasteiger partial charge is 0.387 e. The molecule has 0 fully saturated rings. The van der Waals surface area contributed by atoms with Crippen molar-refractivity contribution in [1.82, 2.24) is 14.8 Å². The van der Waals surface area contributed by atoms with Gasteiger partial charge in [0.25, 0.3) is 0 Å². The van der Waals surface area contributed by atoms with Gasteiger partial charge in [-0.1, -0.05) is 13.8 Å². The van der Waals surface area contributed by atoms with Gasteiger partial charge >= 0.3 is 0 Å². The van der Waals surface area contributed by atoms with Crippen LogP contribution in [0.5, 0.6) is 0 Å². The van der Waals surface area contributed by atoms with E-state index in [4.69, 9.17) is 0 Å². The van der Waals surface area contributed by atoms with Crippen LogP contribution in [0.3, 0.4) is 0 Å². The fourth-order valence-corrected chi connectivity index (χ4v) is 1.67. The predicted octanol–water partition coefficient (Wildman–Crippen LogP) is 2.13. The van der Waals surface area contributed by atoms with Crippen molar-refractivity contribution in [3.8, 4) is 0 Å². The van der Waals surface area contributed by atoms with Gasteiger partial charge in [-0.2, -0.15) is 5.10 Å². The molecule has 0 saturated carbocycles. The maximum Gasteiger partial charge on any atom is 0.159 e. The summed E-state index contributed by atoms with van der Waals surface area (Å²) in [6.07, 6.45) is 3.68. The first kappa shape index (κ1) is 9.96. The molecule has 0 spiro atoms. The highest BCUT2D eigenvalue weighted by atomic mass is 15.3. The Morgan fingerprint density at radius 1 is 1.47 bits per heavy atom. The molecule has 80 valence electrons. The van der Waals surface area contributed by atoms with E-state index in [0.717, 1.165) is 23.3 Å². The van der Waals surface area contributed by atoms with Gasteiger partial charge in [0, 0.05) is 25.5 Å². The molecule has 0 aliphatic carbocycles. The first-order valence-corrected chi connectivity index (χ1v) is 5.20. The molecule has 2 aromatic heterocycles. The van der Waals surface area contributed by atoms with Crippen molar-refractivity contribution < 1.29 is 0 Å². The van der Waals surface area contributed by atoms with Crippen LogP contribution >= 0.6 is 0 Å². The highest BCUT2D eigenvalue weighted by Crippen LogP contribution is 2.20. The van der Waals surface area contributed by atoms with Crippen molar-refractivity contribution >= 4 is 16.7 Å². The quantitative estimate of drug-likeness (QED) is 0.832. The lowest BCUT2D eigenvalue weighted by Crippen LogP contribution is -2.06. The number of hydrogen-bond donors (Lipinski definition) is 1. The van der Waals surface area contributed by atoms with Gasteiger partial charge in [-0.25, -0.2) is 9.67 Å². The van der Waals surface area contributed by atoms with Crippen molar-refractivity contribution in [2.45, 2.75) is 20.4 Å². The summed E-state index contributed by atoms with van der Waals surface area (Å²) in [7, 11) is 1.91. The van der Waals surface area contributed by atoms with Gasteiger partial charge in [-0.05, 0) is 12.0 Å². The van der Waals surface area contributed by atoms with Crippen LogP contribution in [0.2, 0.25) is 0 Å². The summed E-state index contributed by atoms with van der Waals surface area (Å²) in [5, 5.41) is 8.59. The molecule has 4 nitrogen and oxygen atoms in total. The fourth-order valence-electron chi connectivity index (χ4n) is 1.67. The Hall–Kier alpha value is -1.58. The summed E-state index contributed by atoms with van der Waals surface area (Å²) < 4.78 is 1.96. The molecule has 2 rings (SSSR count). The second-order valence-electron chi connectivity index (χ2n) is 4.07. The number of anilines is 1. The summed E-state index contributed by atoms with van der Waals surface area (Å²) in [5.74, 6) is 0.577. The van der Waals surface area contributed by atoms with E-state index in [0.29, 0.717) is 5.92 Å². The van der Waals surface area contributed by atoms with Crippen LogP contribution in [0.4, 0.5) is 5.69 Å². The minimum absolute atomic E-state index is 0.577. The Morgan fingerprint density at radius 3 is 2.93 bits per heavy atom. The normalized spacial score (nSPS) is 11.2. The SMILES string of the molecule is CNc1ccnc2c1cnn2CC(C)C. The van der Waals surface area contributed by atoms with E-state index in [-0.39, 0.29) is 0 Å². The van der Waals surface area contributed by atoms with Crippen LogP contribution in [0, 0.1) is 5.92 Å². The highest BCUT2D eigenvalue weighted by Gasteiger charge is 2.07. The zero-order valence-electron chi connectivity index (χ0n) is 9.36. The zero-order chi connectivity index (χ0) is 10.8. The van der Waals surface area contributed by atoms with Crippen molar-refractivity contribution in [3.05, 3.63) is 18.5 Å². The molecule has 2 heterocycles. The maximum absolute atomic E-state index is 4.36. The molecule has 0 amide bonds. The van der Waals surface area contributed by atoms with E-state index in [1.807, 2.05) is 30.2 Å². The number of hydrogen-bond acceptors (Lipinski definition) is 3. The third-order valence-electron chi connectivity index (χ3n) is 2.35. The molecule has 0 aliphatic rings. The van der Waals surface area contributed by atoms with Gasteiger partial charge in [-0.3, -0.25) is 0 Å². The molecule has 4 heteroatoms. The van der Waals surface area contributed by atoms with Gasteiger partial charge < -0.3 is 5.32 Å². The summed E-state index contributed by atoms with van der Waals surface area (Å²) in [6, 6.07) is 1.96. The second-order valence-corrected chi connectivity index (χ2v) is 4.07. The smallest absolute Gasteiger partial charge is 0.159 e. The van der Waals surface area contributed by atoms with Gasteiger partial charge in [0.1, 0.15) is 0 Å². The minimum atomic E-state index is 0.577. The maximum atomic E-state index is 4.36. The topological polar surface area (TPSA) is 42.7 Å². The van der Waals surface area contributed by atoms with Crippen molar-refractivity contribution in [3.63, 3.8) is 0 Å². The molecule has 0 aromatic carbocycles. The lowest BCUT2D eigenvalue weighted by Gasteiger charge is -2.06. The van der Waals surface area contributed by atoms with E-state index < -0.39 is 0 Å². The van der Waals surface area contributed by atoms with Crippen molar-refractivity contribution in [1.29, 1.82) is 0 Å². The average molecular weight is 204 g/mol. The average Bonchev–Trinajstić information content (AvgIpc) is 2.61. The Bertz CT molecular complexity index is 459. The van der Waals surface area contributed by atoms with E-state index in [9.17, 15) is 0 Å². The third-order valence-corrected chi connectivity index (χ3v) is 2.35. The number of rotatable bonds is 3. The Labute approximate surface area is 89.3 Å². The second kappa shape index (κ2) is 3.88. The van der Waals surface area contributed by atoms with Crippen LogP contribution in [0.25, 0.3) is 11.0 Å². The monoisotopic (exact) mass is 204 g/mol. The zero-order valence-corrected chi connectivity index (χ0v) is 9.36. The molecule has 2 aromatic rings. The number of fused-ring (bicyclic) bond motifs is 1. The summed E-state index contributed by atoms with van der Waals surface area (Å²) in [4.78, 5) is 4.36. The molecule has 0 radical (unpaired) electrons. The van der Waals surface area contributed by atoms with Gasteiger partial charge in [-0.15, -0.1) is 0 Å². The molecule has 0 saturated heterocycles. The van der Waals surface area contributed by atoms with E-state index in [1.54, 1.807) is 0 Å². The Balaban J connectivity index is 2.51. The lowest BCUT2D eigenvalue weighted by atomic mass is 10.2. The molecule has 0 unspecified atom stereocenters. The number of aromatic nitrogens is 3. The molecule has 0 bridgehead atoms. The van der Waals surface area contributed by atoms with Crippen LogP contribution < -0.4 is 5.32 Å². The Kier molecular flexibility index (Phi) is 2.58. The standard InChI is InChI=1S/C11H16N4/c1-8(2)7-15-11-9(6-14-15)10(12-3)4-5-13-11/h4-6,8H,7H2,1-3H3,(H,12,13). The predicted molar refractivity (Wildman–Crippen MR) is 61.9 cm³/mol. The van der Waals surface area contributed by atoms with Gasteiger partial charge in [0.05, 0.1) is 11.6 Å². The summed E-state index contributed by atoms with van der Waals surface area (Å²) in [6.45, 7) is 5.26. The number of nitrogens with zero attached hydrogens (tertiary/aromatic N) is 3. The highest BCUT2D eigenvalue weighted by molar-refractivity contribution is 5.88. The molecular formula is C11H16N4. The lowest BCUT2D eigenvalue weighted by molar-refractivity contribution is 0.492. The third kappa shape index (κ3) is 1.79. The van der Waals surface area contributed by atoms with Gasteiger partial charge in [0.15, 0.2) is 5.65 Å². The molecule has 0 atom stereocenters. The fraction of sp³-hybridized carbons (Fsp3) is 0.455. The molecule has 15 heavy (non-hydrogen) atoms. The Morgan fingerprint density at radius 2 is 2.27 bits per heavy atom. The van der Waals surface area contributed by atoms with Crippen molar-refractivity contribution in [2.75, 3.05) is 12.4 Å². The van der Waals surface area contributed by atoms with Crippen LogP contribution in [0.1, 0.15) is 13.8 Å². The first-order valence-electron chi connectivity index (χ1n) is 5.20. The number of nitrogens with one attached hydrogen (secondary N) is 1. The number of pyridine rings is 1. The van der Waals surface area contributed by atoms with E-state index in [2.05, 4.69) is 29.2 Å². The van der Waals surface area contributed by atoms with E-state index in [1.165, 1.54) is 0 Å². The first-order chi connectivity index (χ1) is 7.22. The summed E-state index contributed by atoms with van der Waals surface area (Å²) >= 11 is 0. The van der Waals surface area contributed by atoms with Crippen molar-refractivity contribution in [2.24, 2.45) is 5.92 Å². The van der Waals surface area contributed by atoms with Crippen LogP contribution in [-0.4, -0.2) is 21.8 Å². The van der Waals surface area contributed by atoms with E-state index >= 15 is 0 Å². The van der Waals surface area contributed by atoms with Crippen LogP contribution in [0.15, 0.2) is 18.5 Å². The molecule has 1 N–H and O–H groups in total. The van der Waals surface area contributed by atoms with Gasteiger partial charge in [0.2, 0.25) is 0 Å². The summed E-state index contributed by atoms with van der Waals surface area (Å²) in [5.41, 5.74) is 2.03. The molecular weight excluding hydrogens is 188 g/mol. The minimum Gasteiger partial charge on any atom is -0.387 e.